The average molecular weight is 190 g/mol. The number of carboxylic acid groups (broad SMARTS) is 2. The summed E-state index contributed by atoms with van der Waals surface area (Å²) >= 11 is 0. The second-order valence-corrected chi connectivity index (χ2v) is 3.36. The summed E-state index contributed by atoms with van der Waals surface area (Å²) in [6.07, 6.45) is 0. The van der Waals surface area contributed by atoms with Crippen LogP contribution in [0.2, 0.25) is 0 Å². The maximum Gasteiger partial charge on any atom is 0.388 e. The van der Waals surface area contributed by atoms with Crippen LogP contribution in [0, 0.1) is 0 Å². The van der Waals surface area contributed by atoms with Gasteiger partial charge in [0, 0.05) is 0 Å². The van der Waals surface area contributed by atoms with E-state index in [9.17, 15) is 14.7 Å². The summed E-state index contributed by atoms with van der Waals surface area (Å²) in [6, 6.07) is 0. The van der Waals surface area contributed by atoms with Crippen LogP contribution < -0.4 is 10.8 Å². The van der Waals surface area contributed by atoms with Gasteiger partial charge in [0.1, 0.15) is 5.97 Å². The SMILES string of the molecule is CC[N+](C)(C)C(N)(C(=O)[O-])C(=O)O. The molecule has 0 bridgehead atoms. The third-order valence-electron chi connectivity index (χ3n) is 2.38. The molecule has 0 aromatic rings. The molecule has 13 heavy (non-hydrogen) atoms. The van der Waals surface area contributed by atoms with E-state index in [2.05, 4.69) is 0 Å². The normalized spacial score (nSPS) is 16.3. The van der Waals surface area contributed by atoms with E-state index in [0.717, 1.165) is 0 Å². The van der Waals surface area contributed by atoms with Crippen LogP contribution in [0.4, 0.5) is 0 Å². The topological polar surface area (TPSA) is 103 Å². The van der Waals surface area contributed by atoms with Gasteiger partial charge >= 0.3 is 5.97 Å². The molecule has 0 heterocycles. The van der Waals surface area contributed by atoms with Crippen molar-refractivity contribution in [2.75, 3.05) is 20.6 Å². The fourth-order valence-electron chi connectivity index (χ4n) is 0.843. The first-order valence-electron chi connectivity index (χ1n) is 3.77. The molecule has 1 atom stereocenters. The van der Waals surface area contributed by atoms with Gasteiger partial charge < -0.3 is 15.0 Å². The van der Waals surface area contributed by atoms with Gasteiger partial charge in [-0.1, -0.05) is 0 Å². The van der Waals surface area contributed by atoms with Crippen LogP contribution in [0.15, 0.2) is 0 Å². The lowest BCUT2D eigenvalue weighted by atomic mass is 10.1. The van der Waals surface area contributed by atoms with Gasteiger partial charge in [-0.2, -0.15) is 0 Å². The molecule has 0 rings (SSSR count). The number of aliphatic carboxylic acids is 2. The summed E-state index contributed by atoms with van der Waals surface area (Å²) in [6.45, 7) is 1.92. The molecule has 6 nitrogen and oxygen atoms in total. The first-order chi connectivity index (χ1) is 5.70. The molecule has 0 aliphatic heterocycles. The molecular weight excluding hydrogens is 176 g/mol. The maximum absolute atomic E-state index is 10.7. The first kappa shape index (κ1) is 11.9. The first-order valence-corrected chi connectivity index (χ1v) is 3.77. The second kappa shape index (κ2) is 3.31. The molecule has 0 aliphatic carbocycles. The molecule has 0 aromatic carbocycles. The summed E-state index contributed by atoms with van der Waals surface area (Å²) in [5.41, 5.74) is 2.89. The van der Waals surface area contributed by atoms with Gasteiger partial charge in [0.05, 0.1) is 20.6 Å². The summed E-state index contributed by atoms with van der Waals surface area (Å²) in [5, 5.41) is 19.3. The van der Waals surface area contributed by atoms with Crippen LogP contribution in [-0.4, -0.2) is 47.8 Å². The smallest absolute Gasteiger partial charge is 0.388 e. The molecule has 1 unspecified atom stereocenters. The van der Waals surface area contributed by atoms with Crippen LogP contribution in [0.5, 0.6) is 0 Å². The predicted octanol–water partition coefficient (Wildman–Crippen LogP) is -2.43. The van der Waals surface area contributed by atoms with Gasteiger partial charge in [-0.3, -0.25) is 10.2 Å². The van der Waals surface area contributed by atoms with Crippen LogP contribution in [0.3, 0.4) is 0 Å². The van der Waals surface area contributed by atoms with E-state index in [-0.39, 0.29) is 11.0 Å². The zero-order valence-electron chi connectivity index (χ0n) is 7.90. The van der Waals surface area contributed by atoms with Crippen LogP contribution in [0.1, 0.15) is 6.92 Å². The van der Waals surface area contributed by atoms with Gasteiger partial charge in [-0.25, -0.2) is 4.79 Å². The zero-order valence-corrected chi connectivity index (χ0v) is 7.90. The highest BCUT2D eigenvalue weighted by Crippen LogP contribution is 2.14. The number of carboxylic acids is 2. The Labute approximate surface area is 76.2 Å². The lowest BCUT2D eigenvalue weighted by Gasteiger charge is -2.42. The molecule has 0 saturated heterocycles. The van der Waals surface area contributed by atoms with Crippen molar-refractivity contribution in [3.8, 4) is 0 Å². The Morgan fingerprint density at radius 3 is 2.00 bits per heavy atom. The van der Waals surface area contributed by atoms with Crippen molar-refractivity contribution in [3.63, 3.8) is 0 Å². The third-order valence-corrected chi connectivity index (χ3v) is 2.38. The monoisotopic (exact) mass is 190 g/mol. The van der Waals surface area contributed by atoms with E-state index in [4.69, 9.17) is 10.8 Å². The molecule has 0 aromatic heterocycles. The standard InChI is InChI=1S/C7H14N2O4/c1-4-9(2,3)7(8,5(10)11)6(12)13/h4,8H2,1-3H3,(H-,10,11,12,13). The van der Waals surface area contributed by atoms with Crippen LogP contribution in [-0.2, 0) is 9.59 Å². The van der Waals surface area contributed by atoms with E-state index in [1.165, 1.54) is 14.1 Å². The van der Waals surface area contributed by atoms with E-state index < -0.39 is 17.6 Å². The van der Waals surface area contributed by atoms with Crippen molar-refractivity contribution in [2.45, 2.75) is 12.6 Å². The van der Waals surface area contributed by atoms with E-state index >= 15 is 0 Å². The number of carbonyl (C=O) groups is 2. The quantitative estimate of drug-likeness (QED) is 0.291. The van der Waals surface area contributed by atoms with E-state index in [0.29, 0.717) is 0 Å². The highest BCUT2D eigenvalue weighted by molar-refractivity contribution is 5.99. The number of nitrogens with zero attached hydrogens (tertiary/aromatic N) is 1. The van der Waals surface area contributed by atoms with E-state index in [1.807, 2.05) is 0 Å². The van der Waals surface area contributed by atoms with Gasteiger partial charge in [0.25, 0.3) is 5.66 Å². The molecule has 3 N–H and O–H groups in total. The highest BCUT2D eigenvalue weighted by Gasteiger charge is 2.50. The molecular formula is C7H14N2O4. The van der Waals surface area contributed by atoms with Crippen molar-refractivity contribution in [3.05, 3.63) is 0 Å². The molecule has 6 heteroatoms. The Balaban J connectivity index is 5.26. The number of hydrogen-bond acceptors (Lipinski definition) is 4. The Hall–Kier alpha value is -1.14. The number of rotatable bonds is 4. The molecule has 0 aliphatic rings. The van der Waals surface area contributed by atoms with Crippen molar-refractivity contribution in [1.29, 1.82) is 0 Å². The minimum Gasteiger partial charge on any atom is -0.542 e. The van der Waals surface area contributed by atoms with Gasteiger partial charge in [-0.05, 0) is 6.92 Å². The predicted molar refractivity (Wildman–Crippen MR) is 42.2 cm³/mol. The summed E-state index contributed by atoms with van der Waals surface area (Å²) in [7, 11) is 2.84. The Kier molecular flexibility index (Phi) is 3.02. The minimum absolute atomic E-state index is 0.275. The molecule has 0 amide bonds. The van der Waals surface area contributed by atoms with Crippen LogP contribution >= 0.6 is 0 Å². The maximum atomic E-state index is 10.7. The average Bonchev–Trinajstić information content (AvgIpc) is 2.01. The number of hydrogen-bond donors (Lipinski definition) is 2. The largest absolute Gasteiger partial charge is 0.542 e. The van der Waals surface area contributed by atoms with Gasteiger partial charge in [0.2, 0.25) is 0 Å². The third kappa shape index (κ3) is 1.63. The highest BCUT2D eigenvalue weighted by atomic mass is 16.4. The van der Waals surface area contributed by atoms with Crippen LogP contribution in [0.25, 0.3) is 0 Å². The zero-order chi connectivity index (χ0) is 10.9. The Bertz CT molecular complexity index is 223. The molecule has 0 radical (unpaired) electrons. The second-order valence-electron chi connectivity index (χ2n) is 3.36. The number of quaternary nitrogens is 1. The van der Waals surface area contributed by atoms with Gasteiger partial charge in [0.15, 0.2) is 0 Å². The minimum atomic E-state index is -2.39. The van der Waals surface area contributed by atoms with Crippen molar-refractivity contribution >= 4 is 11.9 Å². The summed E-state index contributed by atoms with van der Waals surface area (Å²) < 4.78 is -0.370. The molecule has 0 saturated carbocycles. The summed E-state index contributed by atoms with van der Waals surface area (Å²) in [4.78, 5) is 21.3. The number of likely N-dealkylation sites (N-methyl/N-ethyl adjacent to an activating group) is 1. The van der Waals surface area contributed by atoms with E-state index in [1.54, 1.807) is 6.92 Å². The fraction of sp³-hybridized carbons (Fsp3) is 0.714. The van der Waals surface area contributed by atoms with Gasteiger partial charge in [-0.15, -0.1) is 0 Å². The fourth-order valence-corrected chi connectivity index (χ4v) is 0.843. The molecule has 0 spiro atoms. The Morgan fingerprint density at radius 2 is 1.92 bits per heavy atom. The molecule has 0 fully saturated rings. The number of nitrogens with two attached hydrogens (primary N) is 1. The van der Waals surface area contributed by atoms with Crippen molar-refractivity contribution in [2.24, 2.45) is 5.73 Å². The lowest BCUT2D eigenvalue weighted by Crippen LogP contribution is -2.76. The Morgan fingerprint density at radius 1 is 1.54 bits per heavy atom. The van der Waals surface area contributed by atoms with Crippen molar-refractivity contribution < 1.29 is 24.3 Å². The lowest BCUT2D eigenvalue weighted by molar-refractivity contribution is -0.923. The van der Waals surface area contributed by atoms with Crippen molar-refractivity contribution in [1.82, 2.24) is 0 Å². The molecule has 76 valence electrons. The number of carbonyl (C=O) groups excluding carboxylic acids is 1. The summed E-state index contributed by atoms with van der Waals surface area (Å²) in [5.74, 6) is -3.38.